The molecule has 2 aliphatic rings. The summed E-state index contributed by atoms with van der Waals surface area (Å²) in [6.07, 6.45) is 7.90. The van der Waals surface area contributed by atoms with Crippen LogP contribution in [0.3, 0.4) is 0 Å². The summed E-state index contributed by atoms with van der Waals surface area (Å²) in [4.78, 5) is 13.9. The second-order valence-electron chi connectivity index (χ2n) is 5.73. The highest BCUT2D eigenvalue weighted by Crippen LogP contribution is 2.37. The Balaban J connectivity index is 2.14. The average molecular weight is 239 g/mol. The van der Waals surface area contributed by atoms with Gasteiger partial charge in [0.2, 0.25) is 0 Å². The average Bonchev–Trinajstić information content (AvgIpc) is 2.70. The molecular formula is C14H25NO2. The van der Waals surface area contributed by atoms with E-state index in [-0.39, 0.29) is 5.92 Å². The van der Waals surface area contributed by atoms with Crippen LogP contribution in [0.25, 0.3) is 0 Å². The van der Waals surface area contributed by atoms with E-state index in [0.29, 0.717) is 18.1 Å². The molecule has 0 aromatic rings. The predicted octanol–water partition coefficient (Wildman–Crippen LogP) is 2.89. The van der Waals surface area contributed by atoms with Crippen LogP contribution in [0.15, 0.2) is 0 Å². The van der Waals surface area contributed by atoms with Gasteiger partial charge in [-0.05, 0) is 39.0 Å². The van der Waals surface area contributed by atoms with Crippen LogP contribution in [0.5, 0.6) is 0 Å². The van der Waals surface area contributed by atoms with E-state index in [4.69, 9.17) is 0 Å². The zero-order valence-corrected chi connectivity index (χ0v) is 11.1. The summed E-state index contributed by atoms with van der Waals surface area (Å²) in [6, 6.07) is 1.49. The predicted molar refractivity (Wildman–Crippen MR) is 68.0 cm³/mol. The van der Waals surface area contributed by atoms with Gasteiger partial charge < -0.3 is 5.11 Å². The number of aliphatic carboxylic acids is 1. The summed E-state index contributed by atoms with van der Waals surface area (Å²) >= 11 is 0. The van der Waals surface area contributed by atoms with Crippen LogP contribution in [0.2, 0.25) is 0 Å². The molecule has 1 heterocycles. The van der Waals surface area contributed by atoms with Gasteiger partial charge in [0.25, 0.3) is 0 Å². The molecule has 0 spiro atoms. The minimum absolute atomic E-state index is 0.127. The topological polar surface area (TPSA) is 40.5 Å². The first kappa shape index (κ1) is 12.9. The molecule has 98 valence electrons. The Bertz CT molecular complexity index is 279. The van der Waals surface area contributed by atoms with Gasteiger partial charge in [-0.1, -0.05) is 19.8 Å². The zero-order chi connectivity index (χ0) is 12.4. The highest BCUT2D eigenvalue weighted by atomic mass is 16.4. The summed E-state index contributed by atoms with van der Waals surface area (Å²) in [6.45, 7) is 4.50. The number of rotatable bonds is 3. The van der Waals surface area contributed by atoms with E-state index in [1.807, 2.05) is 0 Å². The third-order valence-electron chi connectivity index (χ3n) is 4.75. The molecule has 4 atom stereocenters. The molecule has 1 saturated heterocycles. The molecule has 0 aromatic carbocycles. The van der Waals surface area contributed by atoms with Gasteiger partial charge in [-0.25, -0.2) is 0 Å². The van der Waals surface area contributed by atoms with Crippen molar-refractivity contribution in [3.05, 3.63) is 0 Å². The first-order valence-corrected chi connectivity index (χ1v) is 7.15. The Kier molecular flexibility index (Phi) is 4.08. The molecule has 1 aliphatic carbocycles. The SMILES string of the molecule is CCC1CCC(C)N1C1CCCCC1C(=O)O. The molecule has 0 radical (unpaired) electrons. The van der Waals surface area contributed by atoms with Crippen molar-refractivity contribution in [1.82, 2.24) is 4.90 Å². The largest absolute Gasteiger partial charge is 0.481 e. The molecule has 1 aliphatic heterocycles. The van der Waals surface area contributed by atoms with Gasteiger partial charge in [-0.3, -0.25) is 9.69 Å². The number of nitrogens with zero attached hydrogens (tertiary/aromatic N) is 1. The van der Waals surface area contributed by atoms with Crippen molar-refractivity contribution in [3.8, 4) is 0 Å². The minimum Gasteiger partial charge on any atom is -0.481 e. The highest BCUT2D eigenvalue weighted by Gasteiger charge is 2.41. The van der Waals surface area contributed by atoms with Crippen molar-refractivity contribution in [2.75, 3.05) is 0 Å². The molecule has 4 unspecified atom stereocenters. The summed E-state index contributed by atoms with van der Waals surface area (Å²) < 4.78 is 0. The summed E-state index contributed by atoms with van der Waals surface area (Å²) in [7, 11) is 0. The monoisotopic (exact) mass is 239 g/mol. The van der Waals surface area contributed by atoms with Crippen molar-refractivity contribution in [2.45, 2.75) is 76.9 Å². The molecule has 0 amide bonds. The second-order valence-corrected chi connectivity index (χ2v) is 5.73. The van der Waals surface area contributed by atoms with Crippen molar-refractivity contribution < 1.29 is 9.90 Å². The van der Waals surface area contributed by atoms with Crippen LogP contribution in [0.4, 0.5) is 0 Å². The number of likely N-dealkylation sites (tertiary alicyclic amines) is 1. The van der Waals surface area contributed by atoms with E-state index < -0.39 is 5.97 Å². The highest BCUT2D eigenvalue weighted by molar-refractivity contribution is 5.71. The van der Waals surface area contributed by atoms with Crippen molar-refractivity contribution in [2.24, 2.45) is 5.92 Å². The maximum atomic E-state index is 11.4. The van der Waals surface area contributed by atoms with Gasteiger partial charge in [0.15, 0.2) is 0 Å². The minimum atomic E-state index is -0.580. The van der Waals surface area contributed by atoms with Gasteiger partial charge in [0, 0.05) is 18.1 Å². The van der Waals surface area contributed by atoms with Crippen LogP contribution >= 0.6 is 0 Å². The van der Waals surface area contributed by atoms with Gasteiger partial charge in [-0.15, -0.1) is 0 Å². The zero-order valence-electron chi connectivity index (χ0n) is 11.1. The summed E-state index contributed by atoms with van der Waals surface area (Å²) in [5, 5.41) is 9.39. The Hall–Kier alpha value is -0.570. The molecular weight excluding hydrogens is 214 g/mol. The molecule has 1 N–H and O–H groups in total. The Labute approximate surface area is 104 Å². The van der Waals surface area contributed by atoms with E-state index >= 15 is 0 Å². The fourth-order valence-electron chi connectivity index (χ4n) is 3.86. The second kappa shape index (κ2) is 5.38. The number of carboxylic acids is 1. The third kappa shape index (κ3) is 2.49. The molecule has 0 bridgehead atoms. The lowest BCUT2D eigenvalue weighted by Crippen LogP contribution is -2.50. The molecule has 3 heteroatoms. The van der Waals surface area contributed by atoms with Crippen LogP contribution in [-0.2, 0) is 4.79 Å². The van der Waals surface area contributed by atoms with Crippen LogP contribution in [0.1, 0.15) is 58.8 Å². The first-order chi connectivity index (χ1) is 8.15. The maximum Gasteiger partial charge on any atom is 0.308 e. The van der Waals surface area contributed by atoms with Crippen LogP contribution in [-0.4, -0.2) is 34.1 Å². The van der Waals surface area contributed by atoms with Gasteiger partial charge in [0.05, 0.1) is 5.92 Å². The van der Waals surface area contributed by atoms with E-state index in [2.05, 4.69) is 18.7 Å². The number of carbonyl (C=O) groups is 1. The van der Waals surface area contributed by atoms with E-state index in [0.717, 1.165) is 25.7 Å². The molecule has 3 nitrogen and oxygen atoms in total. The van der Waals surface area contributed by atoms with Gasteiger partial charge >= 0.3 is 5.97 Å². The molecule has 17 heavy (non-hydrogen) atoms. The fourth-order valence-corrected chi connectivity index (χ4v) is 3.86. The van der Waals surface area contributed by atoms with Gasteiger partial charge in [0.1, 0.15) is 0 Å². The maximum absolute atomic E-state index is 11.4. The molecule has 2 rings (SSSR count). The number of hydrogen-bond acceptors (Lipinski definition) is 2. The Morgan fingerprint density at radius 2 is 1.94 bits per heavy atom. The van der Waals surface area contributed by atoms with E-state index in [1.54, 1.807) is 0 Å². The fraction of sp³-hybridized carbons (Fsp3) is 0.929. The van der Waals surface area contributed by atoms with Crippen molar-refractivity contribution >= 4 is 5.97 Å². The molecule has 2 fully saturated rings. The van der Waals surface area contributed by atoms with Crippen molar-refractivity contribution in [1.29, 1.82) is 0 Å². The smallest absolute Gasteiger partial charge is 0.308 e. The third-order valence-corrected chi connectivity index (χ3v) is 4.75. The lowest BCUT2D eigenvalue weighted by atomic mass is 9.82. The first-order valence-electron chi connectivity index (χ1n) is 7.15. The summed E-state index contributed by atoms with van der Waals surface area (Å²) in [5.74, 6) is -0.706. The number of hydrogen-bond donors (Lipinski definition) is 1. The standard InChI is InChI=1S/C14H25NO2/c1-3-11-9-8-10(2)15(11)13-7-5-4-6-12(13)14(16)17/h10-13H,3-9H2,1-2H3,(H,16,17). The van der Waals surface area contributed by atoms with Crippen LogP contribution in [0, 0.1) is 5.92 Å². The molecule has 1 saturated carbocycles. The quantitative estimate of drug-likeness (QED) is 0.823. The normalized spacial score (nSPS) is 39.4. The Morgan fingerprint density at radius 1 is 1.24 bits per heavy atom. The lowest BCUT2D eigenvalue weighted by Gasteiger charge is -2.41. The summed E-state index contributed by atoms with van der Waals surface area (Å²) in [5.41, 5.74) is 0. The van der Waals surface area contributed by atoms with E-state index in [9.17, 15) is 9.90 Å². The van der Waals surface area contributed by atoms with Crippen LogP contribution < -0.4 is 0 Å². The molecule has 0 aromatic heterocycles. The Morgan fingerprint density at radius 3 is 2.59 bits per heavy atom. The number of carboxylic acid groups (broad SMARTS) is 1. The van der Waals surface area contributed by atoms with Gasteiger partial charge in [-0.2, -0.15) is 0 Å². The van der Waals surface area contributed by atoms with E-state index in [1.165, 1.54) is 19.3 Å². The lowest BCUT2D eigenvalue weighted by molar-refractivity contribution is -0.146. The van der Waals surface area contributed by atoms with Crippen molar-refractivity contribution in [3.63, 3.8) is 0 Å².